The molecule has 1 amide bonds. The average molecular weight is 289 g/mol. The summed E-state index contributed by atoms with van der Waals surface area (Å²) in [5, 5.41) is 0. The van der Waals surface area contributed by atoms with Crippen LogP contribution in [-0.4, -0.2) is 46.6 Å². The Hall–Kier alpha value is -1.49. The topological polar surface area (TPSA) is 55.3 Å². The van der Waals surface area contributed by atoms with Crippen molar-refractivity contribution in [2.45, 2.75) is 51.0 Å². The zero-order valence-corrected chi connectivity index (χ0v) is 12.6. The fourth-order valence-electron chi connectivity index (χ4n) is 3.35. The van der Waals surface area contributed by atoms with E-state index in [1.165, 1.54) is 0 Å². The molecule has 3 heterocycles. The summed E-state index contributed by atoms with van der Waals surface area (Å²) in [6, 6.07) is 0. The lowest BCUT2D eigenvalue weighted by Crippen LogP contribution is -2.45. The third-order valence-electron chi connectivity index (χ3n) is 4.58. The summed E-state index contributed by atoms with van der Waals surface area (Å²) in [6.07, 6.45) is 8.32. The summed E-state index contributed by atoms with van der Waals surface area (Å²) in [5.41, 5.74) is 2.30. The predicted molar refractivity (Wildman–Crippen MR) is 78.9 cm³/mol. The highest BCUT2D eigenvalue weighted by Crippen LogP contribution is 2.29. The van der Waals surface area contributed by atoms with Crippen LogP contribution >= 0.6 is 0 Å². The lowest BCUT2D eigenvalue weighted by Gasteiger charge is -2.35. The summed E-state index contributed by atoms with van der Waals surface area (Å²) in [6.45, 7) is 4.41. The normalized spacial score (nSPS) is 24.0. The third kappa shape index (κ3) is 3.23. The van der Waals surface area contributed by atoms with Gasteiger partial charge >= 0.3 is 0 Å². The molecule has 21 heavy (non-hydrogen) atoms. The van der Waals surface area contributed by atoms with Crippen LogP contribution in [0.15, 0.2) is 12.5 Å². The van der Waals surface area contributed by atoms with E-state index in [2.05, 4.69) is 16.9 Å². The smallest absolute Gasteiger partial charge is 0.251 e. The quantitative estimate of drug-likeness (QED) is 0.836. The van der Waals surface area contributed by atoms with Crippen molar-refractivity contribution in [2.75, 3.05) is 19.7 Å². The van der Waals surface area contributed by atoms with Crippen molar-refractivity contribution < 1.29 is 9.53 Å². The molecule has 0 saturated carbocycles. The molecule has 1 unspecified atom stereocenters. The van der Waals surface area contributed by atoms with Crippen LogP contribution < -0.4 is 0 Å². The van der Waals surface area contributed by atoms with Gasteiger partial charge in [-0.25, -0.2) is 9.97 Å². The van der Waals surface area contributed by atoms with E-state index in [1.807, 2.05) is 11.1 Å². The molecule has 3 rings (SSSR count). The lowest BCUT2D eigenvalue weighted by atomic mass is 9.91. The van der Waals surface area contributed by atoms with Crippen LogP contribution in [-0.2, 0) is 9.53 Å². The molecule has 0 bridgehead atoms. The maximum absolute atomic E-state index is 12.4. The highest BCUT2D eigenvalue weighted by molar-refractivity contribution is 5.81. The number of carbonyl (C=O) groups excluding carboxylic acids is 1. The van der Waals surface area contributed by atoms with Crippen molar-refractivity contribution in [3.05, 3.63) is 23.8 Å². The molecule has 5 nitrogen and oxygen atoms in total. The summed E-state index contributed by atoms with van der Waals surface area (Å²) < 4.78 is 5.61. The fourth-order valence-corrected chi connectivity index (χ4v) is 3.35. The van der Waals surface area contributed by atoms with Crippen LogP contribution in [0.1, 0.15) is 49.3 Å². The summed E-state index contributed by atoms with van der Waals surface area (Å²) >= 11 is 0. The number of nitrogens with zero attached hydrogens (tertiary/aromatic N) is 3. The first-order valence-corrected chi connectivity index (χ1v) is 7.92. The van der Waals surface area contributed by atoms with E-state index < -0.39 is 0 Å². The maximum Gasteiger partial charge on any atom is 0.251 e. The summed E-state index contributed by atoms with van der Waals surface area (Å²) in [5.74, 6) is 0.636. The minimum absolute atomic E-state index is 0.188. The van der Waals surface area contributed by atoms with E-state index in [0.717, 1.165) is 63.1 Å². The van der Waals surface area contributed by atoms with Gasteiger partial charge in [0.05, 0.1) is 0 Å². The zero-order chi connectivity index (χ0) is 14.7. The SMILES string of the molecule is Cc1cncnc1C1CCN(C(=O)C2CCCCO2)CC1. The molecule has 2 aliphatic heterocycles. The van der Waals surface area contributed by atoms with E-state index in [4.69, 9.17) is 4.74 Å². The number of hydrogen-bond acceptors (Lipinski definition) is 4. The van der Waals surface area contributed by atoms with Crippen LogP contribution in [0.2, 0.25) is 0 Å². The highest BCUT2D eigenvalue weighted by Gasteiger charge is 2.30. The van der Waals surface area contributed by atoms with Gasteiger partial charge in [-0.2, -0.15) is 0 Å². The van der Waals surface area contributed by atoms with E-state index in [-0.39, 0.29) is 12.0 Å². The number of carbonyl (C=O) groups is 1. The molecule has 0 spiro atoms. The Bertz CT molecular complexity index is 492. The Labute approximate surface area is 125 Å². The average Bonchev–Trinajstić information content (AvgIpc) is 2.56. The van der Waals surface area contributed by atoms with Crippen molar-refractivity contribution in [2.24, 2.45) is 0 Å². The van der Waals surface area contributed by atoms with Crippen molar-refractivity contribution in [1.82, 2.24) is 14.9 Å². The standard InChI is InChI=1S/C16H23N3O2/c1-12-10-17-11-18-15(12)13-5-7-19(8-6-13)16(20)14-4-2-3-9-21-14/h10-11,13-14H,2-9H2,1H3. The van der Waals surface area contributed by atoms with Gasteiger partial charge in [0.25, 0.3) is 5.91 Å². The number of rotatable bonds is 2. The predicted octanol–water partition coefficient (Wildman–Crippen LogP) is 2.06. The van der Waals surface area contributed by atoms with Crippen LogP contribution in [0, 0.1) is 6.92 Å². The Morgan fingerprint density at radius 3 is 2.76 bits per heavy atom. The van der Waals surface area contributed by atoms with Crippen molar-refractivity contribution >= 4 is 5.91 Å². The first kappa shape index (κ1) is 14.4. The van der Waals surface area contributed by atoms with Crippen LogP contribution in [0.3, 0.4) is 0 Å². The van der Waals surface area contributed by atoms with Gasteiger partial charge in [0.15, 0.2) is 0 Å². The number of aromatic nitrogens is 2. The second kappa shape index (κ2) is 6.52. The summed E-state index contributed by atoms with van der Waals surface area (Å²) in [4.78, 5) is 22.9. The van der Waals surface area contributed by atoms with Crippen LogP contribution in [0.5, 0.6) is 0 Å². The van der Waals surface area contributed by atoms with Gasteiger partial charge in [-0.15, -0.1) is 0 Å². The highest BCUT2D eigenvalue weighted by atomic mass is 16.5. The number of hydrogen-bond donors (Lipinski definition) is 0. The van der Waals surface area contributed by atoms with Gasteiger partial charge in [0.1, 0.15) is 12.4 Å². The molecule has 0 N–H and O–H groups in total. The molecule has 0 aromatic carbocycles. The Kier molecular flexibility index (Phi) is 4.48. The van der Waals surface area contributed by atoms with E-state index in [1.54, 1.807) is 6.33 Å². The van der Waals surface area contributed by atoms with Crippen molar-refractivity contribution in [1.29, 1.82) is 0 Å². The molecule has 1 aromatic rings. The molecule has 2 fully saturated rings. The van der Waals surface area contributed by atoms with Gasteiger partial charge in [0, 0.05) is 37.5 Å². The number of aryl methyl sites for hydroxylation is 1. The number of piperidine rings is 1. The monoisotopic (exact) mass is 289 g/mol. The molecule has 2 aliphatic rings. The minimum atomic E-state index is -0.198. The second-order valence-electron chi connectivity index (χ2n) is 6.05. The van der Waals surface area contributed by atoms with Gasteiger partial charge in [-0.05, 0) is 44.6 Å². The number of ether oxygens (including phenoxy) is 1. The first-order chi connectivity index (χ1) is 10.3. The largest absolute Gasteiger partial charge is 0.368 e. The van der Waals surface area contributed by atoms with Gasteiger partial charge in [-0.1, -0.05) is 0 Å². The molecule has 1 atom stereocenters. The Morgan fingerprint density at radius 1 is 1.29 bits per heavy atom. The lowest BCUT2D eigenvalue weighted by molar-refractivity contribution is -0.147. The van der Waals surface area contributed by atoms with Crippen LogP contribution in [0.25, 0.3) is 0 Å². The molecule has 0 radical (unpaired) electrons. The minimum Gasteiger partial charge on any atom is -0.368 e. The van der Waals surface area contributed by atoms with E-state index in [9.17, 15) is 4.79 Å². The maximum atomic E-state index is 12.4. The molecule has 0 aliphatic carbocycles. The third-order valence-corrected chi connectivity index (χ3v) is 4.58. The molecule has 114 valence electrons. The molecular formula is C16H23N3O2. The van der Waals surface area contributed by atoms with Crippen molar-refractivity contribution in [3.8, 4) is 0 Å². The molecular weight excluding hydrogens is 266 g/mol. The van der Waals surface area contributed by atoms with Crippen LogP contribution in [0.4, 0.5) is 0 Å². The number of likely N-dealkylation sites (tertiary alicyclic amines) is 1. The summed E-state index contributed by atoms with van der Waals surface area (Å²) in [7, 11) is 0. The number of amides is 1. The molecule has 1 aromatic heterocycles. The van der Waals surface area contributed by atoms with Crippen molar-refractivity contribution in [3.63, 3.8) is 0 Å². The van der Waals surface area contributed by atoms with Gasteiger partial charge < -0.3 is 9.64 Å². The Morgan fingerprint density at radius 2 is 2.10 bits per heavy atom. The second-order valence-corrected chi connectivity index (χ2v) is 6.05. The van der Waals surface area contributed by atoms with E-state index in [0.29, 0.717) is 5.92 Å². The molecule has 5 heteroatoms. The van der Waals surface area contributed by atoms with Gasteiger partial charge in [0.2, 0.25) is 0 Å². The Balaban J connectivity index is 1.57. The first-order valence-electron chi connectivity index (χ1n) is 7.92. The molecule has 2 saturated heterocycles. The fraction of sp³-hybridized carbons (Fsp3) is 0.688. The van der Waals surface area contributed by atoms with Gasteiger partial charge in [-0.3, -0.25) is 4.79 Å². The zero-order valence-electron chi connectivity index (χ0n) is 12.6. The van der Waals surface area contributed by atoms with E-state index >= 15 is 0 Å².